The van der Waals surface area contributed by atoms with Crippen molar-refractivity contribution in [1.29, 1.82) is 0 Å². The van der Waals surface area contributed by atoms with E-state index in [1.807, 2.05) is 0 Å². The van der Waals surface area contributed by atoms with E-state index in [0.29, 0.717) is 12.6 Å². The molecule has 116 valence electrons. The van der Waals surface area contributed by atoms with Crippen molar-refractivity contribution < 1.29 is 4.39 Å². The summed E-state index contributed by atoms with van der Waals surface area (Å²) in [5.41, 5.74) is 1.00. The summed E-state index contributed by atoms with van der Waals surface area (Å²) < 4.78 is 13.6. The summed E-state index contributed by atoms with van der Waals surface area (Å²) in [5.74, 6) is 1.56. The van der Waals surface area contributed by atoms with Gasteiger partial charge >= 0.3 is 0 Å². The van der Waals surface area contributed by atoms with E-state index >= 15 is 0 Å². The van der Waals surface area contributed by atoms with Gasteiger partial charge in [0.2, 0.25) is 0 Å². The minimum absolute atomic E-state index is 0.0183. The van der Waals surface area contributed by atoms with Crippen molar-refractivity contribution in [1.82, 2.24) is 10.3 Å². The summed E-state index contributed by atoms with van der Waals surface area (Å²) in [7, 11) is 0. The maximum Gasteiger partial charge on any atom is 0.141 e. The molecule has 0 bridgehead atoms. The third kappa shape index (κ3) is 4.16. The van der Waals surface area contributed by atoms with Crippen LogP contribution in [-0.2, 0) is 6.54 Å². The van der Waals surface area contributed by atoms with Gasteiger partial charge in [-0.05, 0) is 58.4 Å². The highest BCUT2D eigenvalue weighted by atomic mass is 19.1. The Morgan fingerprint density at radius 3 is 2.57 bits per heavy atom. The van der Waals surface area contributed by atoms with Crippen molar-refractivity contribution in [3.63, 3.8) is 0 Å². The second-order valence-electron chi connectivity index (χ2n) is 7.57. The van der Waals surface area contributed by atoms with Gasteiger partial charge in [0.15, 0.2) is 0 Å². The van der Waals surface area contributed by atoms with Gasteiger partial charge < -0.3 is 10.2 Å². The quantitative estimate of drug-likeness (QED) is 0.869. The first kappa shape index (κ1) is 14.8. The predicted octanol–water partition coefficient (Wildman–Crippen LogP) is 3.49. The number of pyridine rings is 1. The van der Waals surface area contributed by atoms with E-state index in [4.69, 9.17) is 0 Å². The lowest BCUT2D eigenvalue weighted by atomic mass is 10.1. The van der Waals surface area contributed by atoms with Crippen LogP contribution in [0.4, 0.5) is 10.2 Å². The minimum Gasteiger partial charge on any atom is -0.353 e. The third-order valence-electron chi connectivity index (χ3n) is 4.13. The van der Waals surface area contributed by atoms with Gasteiger partial charge in [-0.15, -0.1) is 0 Å². The Kier molecular flexibility index (Phi) is 3.91. The second kappa shape index (κ2) is 5.56. The fraction of sp³-hybridized carbons (Fsp3) is 0.706. The molecule has 4 heteroatoms. The Morgan fingerprint density at radius 1 is 1.29 bits per heavy atom. The highest BCUT2D eigenvalue weighted by molar-refractivity contribution is 5.49. The Morgan fingerprint density at radius 2 is 2.00 bits per heavy atom. The molecule has 3 rings (SSSR count). The maximum atomic E-state index is 13.6. The van der Waals surface area contributed by atoms with Gasteiger partial charge in [0.05, 0.1) is 6.20 Å². The molecular formula is C17H26FN3. The SMILES string of the molecule is CC(C)(C)NCc1cc(F)cnc1N(CC1CC1)C1CC1. The van der Waals surface area contributed by atoms with Crippen LogP contribution >= 0.6 is 0 Å². The van der Waals surface area contributed by atoms with Crippen molar-refractivity contribution in [3.05, 3.63) is 23.6 Å². The summed E-state index contributed by atoms with van der Waals surface area (Å²) in [6.45, 7) is 8.13. The highest BCUT2D eigenvalue weighted by Crippen LogP contribution is 2.38. The van der Waals surface area contributed by atoms with Crippen molar-refractivity contribution in [2.24, 2.45) is 5.92 Å². The highest BCUT2D eigenvalue weighted by Gasteiger charge is 2.35. The van der Waals surface area contributed by atoms with Gasteiger partial charge in [0, 0.05) is 30.2 Å². The Bertz CT molecular complexity index is 501. The molecule has 1 aromatic rings. The summed E-state index contributed by atoms with van der Waals surface area (Å²) in [5, 5.41) is 3.46. The molecule has 2 saturated carbocycles. The van der Waals surface area contributed by atoms with Gasteiger partial charge in [-0.2, -0.15) is 0 Å². The second-order valence-corrected chi connectivity index (χ2v) is 7.57. The van der Waals surface area contributed by atoms with Gasteiger partial charge in [-0.3, -0.25) is 0 Å². The molecule has 0 unspecified atom stereocenters. The van der Waals surface area contributed by atoms with Crippen LogP contribution in [0, 0.1) is 11.7 Å². The average Bonchev–Trinajstić information content (AvgIpc) is 3.24. The Balaban J connectivity index is 1.81. The number of halogens is 1. The number of nitrogens with one attached hydrogen (secondary N) is 1. The molecule has 0 amide bonds. The van der Waals surface area contributed by atoms with Crippen LogP contribution in [0.3, 0.4) is 0 Å². The molecule has 0 spiro atoms. The number of hydrogen-bond acceptors (Lipinski definition) is 3. The molecule has 21 heavy (non-hydrogen) atoms. The monoisotopic (exact) mass is 291 g/mol. The van der Waals surface area contributed by atoms with Gasteiger partial charge in [-0.1, -0.05) is 0 Å². The van der Waals surface area contributed by atoms with E-state index in [-0.39, 0.29) is 11.4 Å². The van der Waals surface area contributed by atoms with Crippen LogP contribution in [0.1, 0.15) is 52.0 Å². The predicted molar refractivity (Wildman–Crippen MR) is 83.9 cm³/mol. The molecule has 3 nitrogen and oxygen atoms in total. The van der Waals surface area contributed by atoms with E-state index in [1.54, 1.807) is 6.07 Å². The average molecular weight is 291 g/mol. The fourth-order valence-corrected chi connectivity index (χ4v) is 2.60. The van der Waals surface area contributed by atoms with Crippen molar-refractivity contribution in [2.75, 3.05) is 11.4 Å². The molecule has 0 aromatic carbocycles. The number of aromatic nitrogens is 1. The lowest BCUT2D eigenvalue weighted by molar-refractivity contribution is 0.423. The van der Waals surface area contributed by atoms with Crippen molar-refractivity contribution in [3.8, 4) is 0 Å². The van der Waals surface area contributed by atoms with Crippen LogP contribution in [-0.4, -0.2) is 23.1 Å². The number of nitrogens with zero attached hydrogens (tertiary/aromatic N) is 2. The summed E-state index contributed by atoms with van der Waals surface area (Å²) in [4.78, 5) is 6.86. The van der Waals surface area contributed by atoms with Gasteiger partial charge in [0.1, 0.15) is 11.6 Å². The van der Waals surface area contributed by atoms with Crippen LogP contribution < -0.4 is 10.2 Å². The van der Waals surface area contributed by atoms with E-state index in [2.05, 4.69) is 36.0 Å². The van der Waals surface area contributed by atoms with E-state index in [1.165, 1.54) is 31.9 Å². The molecule has 2 aliphatic carbocycles. The summed E-state index contributed by atoms with van der Waals surface area (Å²) >= 11 is 0. The smallest absolute Gasteiger partial charge is 0.141 e. The normalized spacial score (nSPS) is 18.9. The number of rotatable bonds is 6. The van der Waals surface area contributed by atoms with Gasteiger partial charge in [0.25, 0.3) is 0 Å². The largest absolute Gasteiger partial charge is 0.353 e. The molecule has 2 fully saturated rings. The van der Waals surface area contributed by atoms with E-state index < -0.39 is 0 Å². The molecular weight excluding hydrogens is 265 g/mol. The fourth-order valence-electron chi connectivity index (χ4n) is 2.60. The lowest BCUT2D eigenvalue weighted by Gasteiger charge is -2.27. The summed E-state index contributed by atoms with van der Waals surface area (Å²) in [6.07, 6.45) is 6.52. The maximum absolute atomic E-state index is 13.6. The minimum atomic E-state index is -0.244. The molecule has 0 aliphatic heterocycles. The van der Waals surface area contributed by atoms with Crippen molar-refractivity contribution >= 4 is 5.82 Å². The topological polar surface area (TPSA) is 28.2 Å². The molecule has 1 N–H and O–H groups in total. The molecule has 0 radical (unpaired) electrons. The first-order chi connectivity index (χ1) is 9.92. The Hall–Kier alpha value is -1.16. The molecule has 0 atom stereocenters. The zero-order valence-corrected chi connectivity index (χ0v) is 13.3. The molecule has 1 aromatic heterocycles. The van der Waals surface area contributed by atoms with Crippen LogP contribution in [0.15, 0.2) is 12.3 Å². The first-order valence-corrected chi connectivity index (χ1v) is 8.08. The van der Waals surface area contributed by atoms with Crippen LogP contribution in [0.2, 0.25) is 0 Å². The van der Waals surface area contributed by atoms with E-state index in [0.717, 1.165) is 23.8 Å². The van der Waals surface area contributed by atoms with Crippen LogP contribution in [0.5, 0.6) is 0 Å². The lowest BCUT2D eigenvalue weighted by Crippen LogP contribution is -2.36. The third-order valence-corrected chi connectivity index (χ3v) is 4.13. The molecule has 1 heterocycles. The zero-order chi connectivity index (χ0) is 15.0. The Labute approximate surface area is 126 Å². The standard InChI is InChI=1S/C17H26FN3/c1-17(2,3)20-9-13-8-14(18)10-19-16(13)21(15-6-7-15)11-12-4-5-12/h8,10,12,15,20H,4-7,9,11H2,1-3H3. The van der Waals surface area contributed by atoms with Crippen LogP contribution in [0.25, 0.3) is 0 Å². The number of hydrogen-bond donors (Lipinski definition) is 1. The van der Waals surface area contributed by atoms with Gasteiger partial charge in [-0.25, -0.2) is 9.37 Å². The van der Waals surface area contributed by atoms with E-state index in [9.17, 15) is 4.39 Å². The summed E-state index contributed by atoms with van der Waals surface area (Å²) in [6, 6.07) is 2.26. The first-order valence-electron chi connectivity index (χ1n) is 8.08. The molecule has 2 aliphatic rings. The zero-order valence-electron chi connectivity index (χ0n) is 13.3. The molecule has 0 saturated heterocycles. The van der Waals surface area contributed by atoms with Crippen molar-refractivity contribution in [2.45, 2.75) is 64.6 Å². The number of anilines is 1.